The number of nitrogens with zero attached hydrogens (tertiary/aromatic N) is 1. The van der Waals surface area contributed by atoms with E-state index in [1.54, 1.807) is 30.5 Å². The minimum atomic E-state index is -4.43. The van der Waals surface area contributed by atoms with Crippen LogP contribution in [0.3, 0.4) is 0 Å². The van der Waals surface area contributed by atoms with Crippen molar-refractivity contribution in [2.24, 2.45) is 0 Å². The number of benzene rings is 1. The summed E-state index contributed by atoms with van der Waals surface area (Å²) in [6.45, 7) is 1.66. The van der Waals surface area contributed by atoms with Gasteiger partial charge in [0.25, 0.3) is 0 Å². The molecule has 0 aliphatic carbocycles. The Hall–Kier alpha value is -1.35. The lowest BCUT2D eigenvalue weighted by atomic mass is 10.1. The second-order valence-electron chi connectivity index (χ2n) is 4.27. The van der Waals surface area contributed by atoms with Gasteiger partial charge in [0, 0.05) is 18.5 Å². The molecule has 0 saturated carbocycles. The molecule has 0 radical (unpaired) electrons. The van der Waals surface area contributed by atoms with E-state index in [9.17, 15) is 17.8 Å². The van der Waals surface area contributed by atoms with Crippen LogP contribution in [0.5, 0.6) is 0 Å². The van der Waals surface area contributed by atoms with Gasteiger partial charge in [0.2, 0.25) is 5.91 Å². The van der Waals surface area contributed by atoms with E-state index >= 15 is 0 Å². The third kappa shape index (κ3) is 3.04. The third-order valence-corrected chi connectivity index (χ3v) is 5.29. The largest absolute Gasteiger partial charge is 0.739 e. The van der Waals surface area contributed by atoms with E-state index < -0.39 is 14.4 Å². The Labute approximate surface area is 120 Å². The summed E-state index contributed by atoms with van der Waals surface area (Å²) in [5.74, 6) is -0.176. The van der Waals surface area contributed by atoms with Gasteiger partial charge in [0.05, 0.1) is 17.3 Å². The summed E-state index contributed by atoms with van der Waals surface area (Å²) in [7, 11) is -4.11. The summed E-state index contributed by atoms with van der Waals surface area (Å²) in [5.41, 5.74) is 5.02. The fourth-order valence-electron chi connectivity index (χ4n) is 2.12. The zero-order chi connectivity index (χ0) is 14.9. The van der Waals surface area contributed by atoms with Crippen LogP contribution in [-0.4, -0.2) is 30.0 Å². The molecule has 0 saturated heterocycles. The fraction of sp³-hybridized carbons (Fsp3) is 0.250. The van der Waals surface area contributed by atoms with E-state index in [0.717, 1.165) is 5.39 Å². The summed E-state index contributed by atoms with van der Waals surface area (Å²) >= 11 is 0. The molecule has 2 aromatic rings. The molecule has 0 aliphatic heterocycles. The van der Waals surface area contributed by atoms with Gasteiger partial charge >= 0.3 is 0 Å². The molecular formula is C12H14N2O4S2. The predicted molar refractivity (Wildman–Crippen MR) is 76.0 cm³/mol. The highest BCUT2D eigenvalue weighted by molar-refractivity contribution is 8.69. The maximum atomic E-state index is 11.6. The molecule has 1 unspecified atom stereocenters. The molecular weight excluding hydrogens is 300 g/mol. The Morgan fingerprint density at radius 3 is 2.65 bits per heavy atom. The molecule has 20 heavy (non-hydrogen) atoms. The zero-order valence-corrected chi connectivity index (χ0v) is 12.4. The molecule has 1 aromatic heterocycles. The minimum Gasteiger partial charge on any atom is -0.739 e. The molecule has 6 nitrogen and oxygen atoms in total. The van der Waals surface area contributed by atoms with Crippen LogP contribution in [0.2, 0.25) is 0 Å². The van der Waals surface area contributed by atoms with Crippen LogP contribution >= 0.6 is 10.8 Å². The highest BCUT2D eigenvalue weighted by Crippen LogP contribution is 2.36. The number of carbonyl (C=O) groups is 1. The number of carbonyl (C=O) groups excluding carboxylic acids is 1. The normalized spacial score (nSPS) is 13.6. The topological polar surface area (TPSA) is 107 Å². The summed E-state index contributed by atoms with van der Waals surface area (Å²) in [6, 6.07) is 7.16. The Morgan fingerprint density at radius 1 is 1.45 bits per heavy atom. The first-order valence-corrected chi connectivity index (χ1v) is 8.68. The van der Waals surface area contributed by atoms with E-state index in [1.807, 2.05) is 0 Å². The monoisotopic (exact) mass is 314 g/mol. The van der Waals surface area contributed by atoms with Crippen LogP contribution in [0.4, 0.5) is 0 Å². The highest BCUT2D eigenvalue weighted by Gasteiger charge is 2.22. The number of hydrogen-bond donors (Lipinski definition) is 1. The second kappa shape index (κ2) is 5.57. The fourth-order valence-corrected chi connectivity index (χ4v) is 4.25. The quantitative estimate of drug-likeness (QED) is 0.663. The van der Waals surface area contributed by atoms with Gasteiger partial charge in [0.1, 0.15) is 9.15 Å². The molecule has 0 fully saturated rings. The lowest BCUT2D eigenvalue weighted by Crippen LogP contribution is -2.52. The van der Waals surface area contributed by atoms with Crippen LogP contribution in [0, 0.1) is 0 Å². The maximum Gasteiger partial charge on any atom is 0.227 e. The highest BCUT2D eigenvalue weighted by atomic mass is 33.1. The molecule has 1 aromatic carbocycles. The van der Waals surface area contributed by atoms with Crippen molar-refractivity contribution in [1.82, 2.24) is 4.57 Å². The number of aromatic nitrogens is 1. The first kappa shape index (κ1) is 15.0. The van der Waals surface area contributed by atoms with Gasteiger partial charge in [-0.25, -0.2) is 8.42 Å². The van der Waals surface area contributed by atoms with Crippen molar-refractivity contribution in [2.75, 3.05) is 6.54 Å². The smallest absolute Gasteiger partial charge is 0.227 e. The Morgan fingerprint density at radius 2 is 2.10 bits per heavy atom. The lowest BCUT2D eigenvalue weighted by molar-refractivity contribution is -0.367. The number of para-hydroxylation sites is 1. The summed E-state index contributed by atoms with van der Waals surface area (Å²) in [4.78, 5) is 11.6. The second-order valence-corrected chi connectivity index (χ2v) is 7.65. The van der Waals surface area contributed by atoms with Crippen LogP contribution < -0.4 is 5.73 Å². The van der Waals surface area contributed by atoms with E-state index in [0.29, 0.717) is 21.9 Å². The SMILES string of the molecule is CC(=O)n1cc(C(C[NH3+])SS(=O)(=O)[O-])c2ccccc21. The first-order chi connectivity index (χ1) is 9.33. The molecule has 2 rings (SSSR count). The van der Waals surface area contributed by atoms with Gasteiger partial charge in [-0.2, -0.15) is 0 Å². The molecule has 0 spiro atoms. The van der Waals surface area contributed by atoms with Gasteiger partial charge < -0.3 is 10.3 Å². The van der Waals surface area contributed by atoms with Crippen molar-refractivity contribution in [3.05, 3.63) is 36.0 Å². The van der Waals surface area contributed by atoms with Crippen molar-refractivity contribution in [2.45, 2.75) is 12.2 Å². The standard InChI is InChI=1S/C12H14N2O4S2/c1-8(15)14-7-10(9-4-2-3-5-11(9)14)12(6-13)19-20(16,17)18/h2-5,7,12H,6,13H2,1H3,(H,16,17,18). The third-order valence-electron chi connectivity index (χ3n) is 2.93. The van der Waals surface area contributed by atoms with Gasteiger partial charge in [-0.15, -0.1) is 0 Å². The van der Waals surface area contributed by atoms with Crippen molar-refractivity contribution in [1.29, 1.82) is 0 Å². The van der Waals surface area contributed by atoms with Crippen LogP contribution in [-0.2, 0) is 9.15 Å². The zero-order valence-electron chi connectivity index (χ0n) is 10.8. The van der Waals surface area contributed by atoms with Gasteiger partial charge in [-0.3, -0.25) is 9.36 Å². The predicted octanol–water partition coefficient (Wildman–Crippen LogP) is 0.778. The lowest BCUT2D eigenvalue weighted by Gasteiger charge is -2.13. The van der Waals surface area contributed by atoms with Crippen LogP contribution in [0.25, 0.3) is 10.9 Å². The molecule has 3 N–H and O–H groups in total. The maximum absolute atomic E-state index is 11.6. The Balaban J connectivity index is 2.61. The van der Waals surface area contributed by atoms with E-state index in [-0.39, 0.29) is 12.5 Å². The van der Waals surface area contributed by atoms with E-state index in [1.165, 1.54) is 11.5 Å². The van der Waals surface area contributed by atoms with Crippen LogP contribution in [0.15, 0.2) is 30.5 Å². The molecule has 0 amide bonds. The van der Waals surface area contributed by atoms with Crippen molar-refractivity contribution >= 4 is 36.8 Å². The number of fused-ring (bicyclic) bond motifs is 1. The van der Waals surface area contributed by atoms with Gasteiger partial charge in [-0.1, -0.05) is 18.2 Å². The number of rotatable bonds is 4. The van der Waals surface area contributed by atoms with Crippen molar-refractivity contribution in [3.63, 3.8) is 0 Å². The van der Waals surface area contributed by atoms with Crippen molar-refractivity contribution < 1.29 is 23.5 Å². The average Bonchev–Trinajstić information content (AvgIpc) is 2.74. The Kier molecular flexibility index (Phi) is 4.19. The molecule has 108 valence electrons. The summed E-state index contributed by atoms with van der Waals surface area (Å²) in [6.07, 6.45) is 1.58. The Bertz CT molecular complexity index is 752. The molecule has 0 bridgehead atoms. The first-order valence-electron chi connectivity index (χ1n) is 5.87. The van der Waals surface area contributed by atoms with E-state index in [4.69, 9.17) is 0 Å². The van der Waals surface area contributed by atoms with Gasteiger partial charge in [0.15, 0.2) is 0 Å². The molecule has 0 aliphatic rings. The molecule has 1 atom stereocenters. The molecule has 1 heterocycles. The van der Waals surface area contributed by atoms with Crippen molar-refractivity contribution in [3.8, 4) is 0 Å². The number of hydrogen-bond acceptors (Lipinski definition) is 5. The van der Waals surface area contributed by atoms with Crippen LogP contribution in [0.1, 0.15) is 22.5 Å². The summed E-state index contributed by atoms with van der Waals surface area (Å²) in [5, 5.41) is 0.162. The number of quaternary nitrogens is 1. The summed E-state index contributed by atoms with van der Waals surface area (Å²) < 4.78 is 34.3. The van der Waals surface area contributed by atoms with Gasteiger partial charge in [-0.05, 0) is 22.4 Å². The van der Waals surface area contributed by atoms with E-state index in [2.05, 4.69) is 5.73 Å². The average molecular weight is 314 g/mol. The minimum absolute atomic E-state index is 0.176. The molecule has 8 heteroatoms.